The number of aliphatic hydroxyl groups is 1. The number of ether oxygens (including phenoxy) is 1. The zero-order chi connectivity index (χ0) is 15.6. The summed E-state index contributed by atoms with van der Waals surface area (Å²) in [5, 5.41) is 9.11. The Kier molecular flexibility index (Phi) is 4.16. The zero-order valence-electron chi connectivity index (χ0n) is 13.2. The summed E-state index contributed by atoms with van der Waals surface area (Å²) in [5.74, 6) is 1.04. The van der Waals surface area contributed by atoms with Crippen molar-refractivity contribution in [2.45, 2.75) is 31.0 Å². The third kappa shape index (κ3) is 2.92. The van der Waals surface area contributed by atoms with Gasteiger partial charge in [-0.2, -0.15) is 0 Å². The second-order valence-corrected chi connectivity index (χ2v) is 6.49. The Labute approximate surface area is 136 Å². The maximum atomic E-state index is 9.11. The fourth-order valence-corrected chi connectivity index (χ4v) is 3.85. The van der Waals surface area contributed by atoms with Gasteiger partial charge in [0.15, 0.2) is 0 Å². The summed E-state index contributed by atoms with van der Waals surface area (Å²) in [6.07, 6.45) is 5.99. The van der Waals surface area contributed by atoms with E-state index >= 15 is 0 Å². The number of morpholine rings is 1. The van der Waals surface area contributed by atoms with Crippen molar-refractivity contribution in [2.24, 2.45) is 0 Å². The summed E-state index contributed by atoms with van der Waals surface area (Å²) in [6, 6.07) is 11.3. The number of hydrogen-bond donors (Lipinski definition) is 1. The first-order valence-electron chi connectivity index (χ1n) is 8.40. The zero-order valence-corrected chi connectivity index (χ0v) is 13.2. The number of rotatable bonds is 4. The van der Waals surface area contributed by atoms with Gasteiger partial charge in [-0.3, -0.25) is 4.90 Å². The molecule has 1 aromatic carbocycles. The molecule has 23 heavy (non-hydrogen) atoms. The van der Waals surface area contributed by atoms with Gasteiger partial charge < -0.3 is 14.4 Å². The number of fused-ring (bicyclic) bond motifs is 1. The topological polar surface area (TPSA) is 50.5 Å². The average molecular weight is 313 g/mol. The lowest BCUT2D eigenvalue weighted by Gasteiger charge is -2.34. The van der Waals surface area contributed by atoms with E-state index in [0.29, 0.717) is 12.1 Å². The van der Waals surface area contributed by atoms with Gasteiger partial charge in [-0.25, -0.2) is 4.98 Å². The highest BCUT2D eigenvalue weighted by atomic mass is 16.5. The van der Waals surface area contributed by atoms with Crippen LogP contribution >= 0.6 is 0 Å². The molecule has 0 amide bonds. The maximum absolute atomic E-state index is 9.11. The minimum atomic E-state index is 0.173. The molecule has 4 rings (SSSR count). The molecule has 5 heteroatoms. The number of benzene rings is 1. The lowest BCUT2D eigenvalue weighted by molar-refractivity contribution is -0.0567. The third-order valence-corrected chi connectivity index (χ3v) is 5.01. The average Bonchev–Trinajstić information content (AvgIpc) is 3.22. The van der Waals surface area contributed by atoms with Crippen LogP contribution in [0.3, 0.4) is 0 Å². The van der Waals surface area contributed by atoms with Crippen LogP contribution in [0.15, 0.2) is 42.7 Å². The van der Waals surface area contributed by atoms with Gasteiger partial charge in [0.05, 0.1) is 12.7 Å². The molecule has 2 aliphatic rings. The predicted molar refractivity (Wildman–Crippen MR) is 88.1 cm³/mol. The van der Waals surface area contributed by atoms with E-state index in [0.717, 1.165) is 43.9 Å². The maximum Gasteiger partial charge on any atom is 0.140 e. The second kappa shape index (κ2) is 6.43. The van der Waals surface area contributed by atoms with Crippen molar-refractivity contribution < 1.29 is 9.84 Å². The molecule has 0 radical (unpaired) electrons. The molecule has 0 bridgehead atoms. The monoisotopic (exact) mass is 313 g/mol. The first-order chi connectivity index (χ1) is 11.3. The van der Waals surface area contributed by atoms with E-state index in [1.165, 1.54) is 0 Å². The van der Waals surface area contributed by atoms with Gasteiger partial charge in [0, 0.05) is 49.7 Å². The number of nitrogens with zero attached hydrogens (tertiary/aromatic N) is 3. The molecule has 2 aliphatic heterocycles. The van der Waals surface area contributed by atoms with Gasteiger partial charge in [0.2, 0.25) is 0 Å². The van der Waals surface area contributed by atoms with Crippen LogP contribution in [-0.2, 0) is 4.74 Å². The van der Waals surface area contributed by atoms with Crippen LogP contribution in [0.4, 0.5) is 0 Å². The van der Waals surface area contributed by atoms with Gasteiger partial charge >= 0.3 is 0 Å². The molecular weight excluding hydrogens is 290 g/mol. The van der Waals surface area contributed by atoms with Gasteiger partial charge in [-0.1, -0.05) is 30.3 Å². The Morgan fingerprint density at radius 2 is 2.04 bits per heavy atom. The van der Waals surface area contributed by atoms with E-state index < -0.39 is 0 Å². The molecule has 2 aromatic rings. The van der Waals surface area contributed by atoms with Gasteiger partial charge in [0.25, 0.3) is 0 Å². The highest BCUT2D eigenvalue weighted by Gasteiger charge is 2.38. The van der Waals surface area contributed by atoms with E-state index in [1.807, 2.05) is 12.3 Å². The molecule has 1 aromatic heterocycles. The quantitative estimate of drug-likeness (QED) is 0.937. The van der Waals surface area contributed by atoms with Gasteiger partial charge in [-0.15, -0.1) is 0 Å². The third-order valence-electron chi connectivity index (χ3n) is 5.01. The van der Waals surface area contributed by atoms with Crippen LogP contribution < -0.4 is 0 Å². The molecule has 1 N–H and O–H groups in total. The Morgan fingerprint density at radius 3 is 2.87 bits per heavy atom. The van der Waals surface area contributed by atoms with Crippen LogP contribution in [0.2, 0.25) is 0 Å². The highest BCUT2D eigenvalue weighted by Crippen LogP contribution is 2.33. The summed E-state index contributed by atoms with van der Waals surface area (Å²) in [4.78, 5) is 7.09. The molecule has 122 valence electrons. The smallest absolute Gasteiger partial charge is 0.140 e. The van der Waals surface area contributed by atoms with Crippen LogP contribution in [0, 0.1) is 0 Å². The second-order valence-electron chi connectivity index (χ2n) is 6.49. The van der Waals surface area contributed by atoms with E-state index in [-0.39, 0.29) is 12.7 Å². The summed E-state index contributed by atoms with van der Waals surface area (Å²) in [6.45, 7) is 2.94. The molecule has 2 saturated heterocycles. The number of aromatic nitrogens is 2. The van der Waals surface area contributed by atoms with Gasteiger partial charge in [-0.05, 0) is 12.8 Å². The summed E-state index contributed by atoms with van der Waals surface area (Å²) in [5.41, 5.74) is 1.16. The van der Waals surface area contributed by atoms with Crippen molar-refractivity contribution in [3.8, 4) is 11.4 Å². The van der Waals surface area contributed by atoms with Crippen molar-refractivity contribution in [1.29, 1.82) is 0 Å². The Morgan fingerprint density at radius 1 is 1.17 bits per heavy atom. The van der Waals surface area contributed by atoms with E-state index in [4.69, 9.17) is 9.84 Å². The molecule has 0 aliphatic carbocycles. The van der Waals surface area contributed by atoms with E-state index in [2.05, 4.69) is 44.9 Å². The standard InChI is InChI=1S/C18H23N3O2/c22-9-6-17-12-20-11-15(10-16(20)13-23-17)21-8-7-19-18(21)14-4-2-1-3-5-14/h1-5,7-8,15-17,22H,6,9-13H2/t15-,16-,17-/m0/s1. The summed E-state index contributed by atoms with van der Waals surface area (Å²) < 4.78 is 8.20. The Hall–Kier alpha value is -1.69. The van der Waals surface area contributed by atoms with Crippen molar-refractivity contribution in [1.82, 2.24) is 14.5 Å². The fraction of sp³-hybridized carbons (Fsp3) is 0.500. The molecule has 5 nitrogen and oxygen atoms in total. The van der Waals surface area contributed by atoms with Crippen LogP contribution in [0.25, 0.3) is 11.4 Å². The van der Waals surface area contributed by atoms with Gasteiger partial charge in [0.1, 0.15) is 5.82 Å². The Bertz CT molecular complexity index is 643. The van der Waals surface area contributed by atoms with Crippen molar-refractivity contribution in [3.05, 3.63) is 42.7 Å². The SMILES string of the molecule is OCC[C@H]1CN2C[C@@H](n3ccnc3-c3ccccc3)C[C@H]2CO1. The Balaban J connectivity index is 1.52. The highest BCUT2D eigenvalue weighted by molar-refractivity contribution is 5.55. The first-order valence-corrected chi connectivity index (χ1v) is 8.40. The van der Waals surface area contributed by atoms with Crippen molar-refractivity contribution in [3.63, 3.8) is 0 Å². The molecule has 0 saturated carbocycles. The molecule has 3 atom stereocenters. The first kappa shape index (κ1) is 14.9. The molecular formula is C18H23N3O2. The lowest BCUT2D eigenvalue weighted by atomic mass is 10.1. The summed E-state index contributed by atoms with van der Waals surface area (Å²) >= 11 is 0. The fourth-order valence-electron chi connectivity index (χ4n) is 3.85. The van der Waals surface area contributed by atoms with Crippen LogP contribution in [0.1, 0.15) is 18.9 Å². The largest absolute Gasteiger partial charge is 0.396 e. The lowest BCUT2D eigenvalue weighted by Crippen LogP contribution is -2.46. The summed E-state index contributed by atoms with van der Waals surface area (Å²) in [7, 11) is 0. The normalized spacial score (nSPS) is 28.0. The number of hydrogen-bond acceptors (Lipinski definition) is 4. The molecule has 0 spiro atoms. The van der Waals surface area contributed by atoms with Crippen molar-refractivity contribution in [2.75, 3.05) is 26.3 Å². The molecule has 0 unspecified atom stereocenters. The minimum absolute atomic E-state index is 0.173. The number of aliphatic hydroxyl groups excluding tert-OH is 1. The minimum Gasteiger partial charge on any atom is -0.396 e. The van der Waals surface area contributed by atoms with Crippen LogP contribution in [-0.4, -0.2) is 58.0 Å². The van der Waals surface area contributed by atoms with Crippen LogP contribution in [0.5, 0.6) is 0 Å². The number of imidazole rings is 1. The predicted octanol–water partition coefficient (Wildman–Crippen LogP) is 1.95. The molecule has 2 fully saturated rings. The van der Waals surface area contributed by atoms with E-state index in [1.54, 1.807) is 0 Å². The van der Waals surface area contributed by atoms with Crippen molar-refractivity contribution >= 4 is 0 Å². The molecule has 3 heterocycles. The van der Waals surface area contributed by atoms with E-state index in [9.17, 15) is 0 Å².